The summed E-state index contributed by atoms with van der Waals surface area (Å²) in [7, 11) is 1.35. The number of hydrogen-bond donors (Lipinski definition) is 0. The van der Waals surface area contributed by atoms with E-state index in [-0.39, 0.29) is 11.9 Å². The molecule has 0 radical (unpaired) electrons. The van der Waals surface area contributed by atoms with E-state index in [0.717, 1.165) is 24.2 Å². The Kier molecular flexibility index (Phi) is 6.20. The van der Waals surface area contributed by atoms with Crippen LogP contribution in [0.5, 0.6) is 5.75 Å². The first-order valence-corrected chi connectivity index (χ1v) is 7.95. The Bertz CT molecular complexity index is 582. The van der Waals surface area contributed by atoms with E-state index in [1.54, 1.807) is 11.0 Å². The van der Waals surface area contributed by atoms with Crippen molar-refractivity contribution < 1.29 is 19.1 Å². The summed E-state index contributed by atoms with van der Waals surface area (Å²) in [5.74, 6) is 0.225. The van der Waals surface area contributed by atoms with Crippen LogP contribution in [0.2, 0.25) is 0 Å². The van der Waals surface area contributed by atoms with Gasteiger partial charge in [-0.2, -0.15) is 0 Å². The van der Waals surface area contributed by atoms with Crippen molar-refractivity contribution in [3.63, 3.8) is 0 Å². The van der Waals surface area contributed by atoms with Gasteiger partial charge in [-0.15, -0.1) is 0 Å². The molecule has 5 heteroatoms. The third-order valence-electron chi connectivity index (χ3n) is 3.80. The predicted molar refractivity (Wildman–Crippen MR) is 88.0 cm³/mol. The Morgan fingerprint density at radius 1 is 1.35 bits per heavy atom. The molecule has 0 spiro atoms. The Morgan fingerprint density at radius 2 is 2.13 bits per heavy atom. The van der Waals surface area contributed by atoms with Gasteiger partial charge in [0.05, 0.1) is 13.7 Å². The molecule has 1 amide bonds. The van der Waals surface area contributed by atoms with Gasteiger partial charge in [0.1, 0.15) is 11.8 Å². The van der Waals surface area contributed by atoms with Crippen LogP contribution in [0.3, 0.4) is 0 Å². The van der Waals surface area contributed by atoms with Crippen LogP contribution in [0.4, 0.5) is 0 Å². The number of amides is 1. The summed E-state index contributed by atoms with van der Waals surface area (Å²) in [6, 6.07) is 7.11. The second kappa shape index (κ2) is 8.36. The third-order valence-corrected chi connectivity index (χ3v) is 3.80. The molecule has 1 aromatic rings. The van der Waals surface area contributed by atoms with Crippen molar-refractivity contribution in [2.75, 3.05) is 20.3 Å². The fourth-order valence-corrected chi connectivity index (χ4v) is 2.63. The summed E-state index contributed by atoms with van der Waals surface area (Å²) < 4.78 is 10.4. The molecule has 23 heavy (non-hydrogen) atoms. The van der Waals surface area contributed by atoms with Gasteiger partial charge in [0.15, 0.2) is 0 Å². The van der Waals surface area contributed by atoms with E-state index in [2.05, 4.69) is 0 Å². The largest absolute Gasteiger partial charge is 0.493 e. The van der Waals surface area contributed by atoms with Crippen molar-refractivity contribution in [1.82, 2.24) is 4.90 Å². The summed E-state index contributed by atoms with van der Waals surface area (Å²) in [4.78, 5) is 25.6. The summed E-state index contributed by atoms with van der Waals surface area (Å²) in [6.07, 6.45) is 5.62. The average Bonchev–Trinajstić information content (AvgIpc) is 3.07. The van der Waals surface area contributed by atoms with Crippen molar-refractivity contribution in [2.45, 2.75) is 32.2 Å². The predicted octanol–water partition coefficient (Wildman–Crippen LogP) is 2.65. The molecule has 0 N–H and O–H groups in total. The molecule has 0 aromatic heterocycles. The lowest BCUT2D eigenvalue weighted by Gasteiger charge is -2.21. The van der Waals surface area contributed by atoms with Crippen molar-refractivity contribution in [3.8, 4) is 5.75 Å². The van der Waals surface area contributed by atoms with Gasteiger partial charge < -0.3 is 14.4 Å². The third kappa shape index (κ3) is 4.34. The maximum absolute atomic E-state index is 12.4. The van der Waals surface area contributed by atoms with Crippen LogP contribution in [0.1, 0.15) is 31.7 Å². The lowest BCUT2D eigenvalue weighted by atomic mass is 10.1. The zero-order valence-electron chi connectivity index (χ0n) is 13.7. The maximum Gasteiger partial charge on any atom is 0.328 e. The first kappa shape index (κ1) is 17.1. The molecule has 1 aliphatic heterocycles. The molecule has 1 heterocycles. The number of methoxy groups -OCH3 is 1. The highest BCUT2D eigenvalue weighted by atomic mass is 16.5. The van der Waals surface area contributed by atoms with Crippen LogP contribution in [0, 0.1) is 0 Å². The van der Waals surface area contributed by atoms with E-state index in [0.29, 0.717) is 19.6 Å². The summed E-state index contributed by atoms with van der Waals surface area (Å²) in [6.45, 7) is 3.26. The van der Waals surface area contributed by atoms with Gasteiger partial charge in [-0.25, -0.2) is 4.79 Å². The highest BCUT2D eigenvalue weighted by Crippen LogP contribution is 2.22. The first-order chi connectivity index (χ1) is 11.2. The highest BCUT2D eigenvalue weighted by Gasteiger charge is 2.33. The molecule has 1 saturated heterocycles. The van der Waals surface area contributed by atoms with E-state index in [9.17, 15) is 9.59 Å². The Morgan fingerprint density at radius 3 is 2.87 bits per heavy atom. The number of nitrogens with zero attached hydrogens (tertiary/aromatic N) is 1. The zero-order chi connectivity index (χ0) is 16.7. The van der Waals surface area contributed by atoms with E-state index < -0.39 is 6.04 Å². The molecular formula is C18H23NO4. The van der Waals surface area contributed by atoms with Gasteiger partial charge in [0.2, 0.25) is 5.91 Å². The van der Waals surface area contributed by atoms with Crippen molar-refractivity contribution in [3.05, 3.63) is 35.9 Å². The lowest BCUT2D eigenvalue weighted by Crippen LogP contribution is -2.40. The van der Waals surface area contributed by atoms with Gasteiger partial charge in [0.25, 0.3) is 0 Å². The van der Waals surface area contributed by atoms with Gasteiger partial charge >= 0.3 is 5.97 Å². The number of para-hydroxylation sites is 1. The van der Waals surface area contributed by atoms with Gasteiger partial charge in [-0.1, -0.05) is 25.1 Å². The molecule has 1 unspecified atom stereocenters. The highest BCUT2D eigenvalue weighted by molar-refractivity contribution is 5.95. The van der Waals surface area contributed by atoms with Crippen LogP contribution in [-0.4, -0.2) is 43.1 Å². The smallest absolute Gasteiger partial charge is 0.328 e. The van der Waals surface area contributed by atoms with E-state index in [4.69, 9.17) is 9.47 Å². The standard InChI is InChI=1S/C18H23NO4/c1-3-13-23-16-9-5-4-7-14(16)10-11-17(20)19-12-6-8-15(19)18(21)22-2/h4-5,7,9-11,15H,3,6,8,12-13H2,1-2H3/b11-10+. The Labute approximate surface area is 136 Å². The molecule has 1 aliphatic rings. The number of hydrogen-bond acceptors (Lipinski definition) is 4. The molecule has 1 aromatic carbocycles. The number of benzene rings is 1. The summed E-state index contributed by atoms with van der Waals surface area (Å²) >= 11 is 0. The van der Waals surface area contributed by atoms with Crippen molar-refractivity contribution in [2.24, 2.45) is 0 Å². The van der Waals surface area contributed by atoms with E-state index >= 15 is 0 Å². The van der Waals surface area contributed by atoms with Crippen LogP contribution >= 0.6 is 0 Å². The quantitative estimate of drug-likeness (QED) is 0.598. The normalized spacial score (nSPS) is 17.5. The first-order valence-electron chi connectivity index (χ1n) is 7.95. The Hall–Kier alpha value is -2.30. The maximum atomic E-state index is 12.4. The molecule has 124 valence electrons. The van der Waals surface area contributed by atoms with Crippen LogP contribution in [-0.2, 0) is 14.3 Å². The van der Waals surface area contributed by atoms with Crippen molar-refractivity contribution in [1.29, 1.82) is 0 Å². The second-order valence-corrected chi connectivity index (χ2v) is 5.43. The molecule has 1 fully saturated rings. The number of rotatable bonds is 6. The molecule has 0 bridgehead atoms. The topological polar surface area (TPSA) is 55.8 Å². The minimum Gasteiger partial charge on any atom is -0.493 e. The van der Waals surface area contributed by atoms with Crippen LogP contribution in [0.15, 0.2) is 30.3 Å². The molecule has 0 saturated carbocycles. The van der Waals surface area contributed by atoms with Crippen LogP contribution in [0.25, 0.3) is 6.08 Å². The average molecular weight is 317 g/mol. The van der Waals surface area contributed by atoms with E-state index in [1.165, 1.54) is 13.2 Å². The van der Waals surface area contributed by atoms with Gasteiger partial charge in [-0.3, -0.25) is 4.79 Å². The van der Waals surface area contributed by atoms with E-state index in [1.807, 2.05) is 31.2 Å². The molecule has 2 rings (SSSR count). The summed E-state index contributed by atoms with van der Waals surface area (Å²) in [5, 5.41) is 0. The van der Waals surface area contributed by atoms with Gasteiger partial charge in [-0.05, 0) is 31.4 Å². The molecule has 5 nitrogen and oxygen atoms in total. The fraction of sp³-hybridized carbons (Fsp3) is 0.444. The number of likely N-dealkylation sites (tertiary alicyclic amines) is 1. The number of carbonyl (C=O) groups is 2. The van der Waals surface area contributed by atoms with Crippen LogP contribution < -0.4 is 4.74 Å². The number of carbonyl (C=O) groups excluding carboxylic acids is 2. The Balaban J connectivity index is 2.08. The minimum atomic E-state index is -0.469. The zero-order valence-corrected chi connectivity index (χ0v) is 13.7. The number of esters is 1. The monoisotopic (exact) mass is 317 g/mol. The number of ether oxygens (including phenoxy) is 2. The second-order valence-electron chi connectivity index (χ2n) is 5.43. The SMILES string of the molecule is CCCOc1ccccc1/C=C/C(=O)N1CCCC1C(=O)OC. The minimum absolute atomic E-state index is 0.178. The fourth-order valence-electron chi connectivity index (χ4n) is 2.63. The van der Waals surface area contributed by atoms with Crippen molar-refractivity contribution >= 4 is 18.0 Å². The van der Waals surface area contributed by atoms with Gasteiger partial charge in [0, 0.05) is 18.2 Å². The summed E-state index contributed by atoms with van der Waals surface area (Å²) in [5.41, 5.74) is 0.850. The molecule has 1 atom stereocenters. The molecular weight excluding hydrogens is 294 g/mol. The lowest BCUT2D eigenvalue weighted by molar-refractivity contribution is -0.149. The molecule has 0 aliphatic carbocycles.